The first-order valence-electron chi connectivity index (χ1n) is 5.27. The molecule has 0 fully saturated rings. The Hall–Kier alpha value is -1.75. The molecule has 18 heavy (non-hydrogen) atoms. The Bertz CT molecular complexity index is 574. The topological polar surface area (TPSA) is 59.7 Å². The molecule has 0 saturated carbocycles. The van der Waals surface area contributed by atoms with Crippen molar-refractivity contribution in [2.45, 2.75) is 13.5 Å². The summed E-state index contributed by atoms with van der Waals surface area (Å²) in [5.74, 6) is -0.0110. The predicted molar refractivity (Wildman–Crippen MR) is 68.9 cm³/mol. The second-order valence-corrected chi connectivity index (χ2v) is 4.65. The predicted octanol–water partition coefficient (Wildman–Crippen LogP) is 3.63. The molecule has 1 aromatic heterocycles. The molecule has 0 aliphatic heterocycles. The van der Waals surface area contributed by atoms with Crippen LogP contribution in [0.5, 0.6) is 5.75 Å². The number of aromatic carboxylic acids is 1. The van der Waals surface area contributed by atoms with Gasteiger partial charge in [0.05, 0.1) is 4.47 Å². The van der Waals surface area contributed by atoms with Crippen LogP contribution < -0.4 is 4.74 Å². The van der Waals surface area contributed by atoms with Crippen molar-refractivity contribution in [3.63, 3.8) is 0 Å². The molecule has 94 valence electrons. The number of furan rings is 1. The molecular formula is C13H11BrO4. The van der Waals surface area contributed by atoms with Crippen LogP contribution in [0.15, 0.2) is 39.2 Å². The Morgan fingerprint density at radius 2 is 2.17 bits per heavy atom. The van der Waals surface area contributed by atoms with Crippen LogP contribution >= 0.6 is 15.9 Å². The summed E-state index contributed by atoms with van der Waals surface area (Å²) < 4.78 is 11.5. The maximum Gasteiger partial charge on any atom is 0.371 e. The average molecular weight is 311 g/mol. The lowest BCUT2D eigenvalue weighted by atomic mass is 10.2. The van der Waals surface area contributed by atoms with Gasteiger partial charge in [-0.1, -0.05) is 6.07 Å². The molecule has 2 rings (SSSR count). The van der Waals surface area contributed by atoms with Gasteiger partial charge in [-0.2, -0.15) is 0 Å². The molecular weight excluding hydrogens is 300 g/mol. The van der Waals surface area contributed by atoms with Crippen molar-refractivity contribution in [1.82, 2.24) is 0 Å². The molecule has 0 radical (unpaired) electrons. The van der Waals surface area contributed by atoms with Crippen molar-refractivity contribution in [2.24, 2.45) is 0 Å². The summed E-state index contributed by atoms with van der Waals surface area (Å²) >= 11 is 3.40. The number of ether oxygens (including phenoxy) is 1. The third kappa shape index (κ3) is 2.92. The fourth-order valence-corrected chi connectivity index (χ4v) is 2.05. The van der Waals surface area contributed by atoms with Gasteiger partial charge in [0, 0.05) is 0 Å². The maximum atomic E-state index is 10.6. The summed E-state index contributed by atoms with van der Waals surface area (Å²) in [6.07, 6.45) is 0. The number of carboxylic acid groups (broad SMARTS) is 1. The number of carbonyl (C=O) groups is 1. The molecule has 0 saturated heterocycles. The van der Waals surface area contributed by atoms with E-state index in [4.69, 9.17) is 14.3 Å². The zero-order valence-electron chi connectivity index (χ0n) is 9.64. The van der Waals surface area contributed by atoms with Crippen molar-refractivity contribution in [1.29, 1.82) is 0 Å². The van der Waals surface area contributed by atoms with E-state index < -0.39 is 5.97 Å². The van der Waals surface area contributed by atoms with E-state index in [1.807, 2.05) is 25.1 Å². The number of benzene rings is 1. The molecule has 4 nitrogen and oxygen atoms in total. The normalized spacial score (nSPS) is 10.3. The van der Waals surface area contributed by atoms with E-state index in [-0.39, 0.29) is 12.4 Å². The number of carboxylic acids is 1. The maximum absolute atomic E-state index is 10.6. The molecule has 0 spiro atoms. The van der Waals surface area contributed by atoms with Gasteiger partial charge in [-0.3, -0.25) is 0 Å². The molecule has 0 bridgehead atoms. The van der Waals surface area contributed by atoms with Gasteiger partial charge < -0.3 is 14.3 Å². The zero-order valence-corrected chi connectivity index (χ0v) is 11.2. The minimum Gasteiger partial charge on any atom is -0.484 e. The third-order valence-electron chi connectivity index (χ3n) is 2.33. The second-order valence-electron chi connectivity index (χ2n) is 3.79. The van der Waals surface area contributed by atoms with E-state index in [0.29, 0.717) is 11.5 Å². The molecule has 0 unspecified atom stereocenters. The summed E-state index contributed by atoms with van der Waals surface area (Å²) in [5, 5.41) is 8.72. The first-order chi connectivity index (χ1) is 8.56. The summed E-state index contributed by atoms with van der Waals surface area (Å²) in [4.78, 5) is 10.6. The van der Waals surface area contributed by atoms with Gasteiger partial charge in [0.1, 0.15) is 18.1 Å². The lowest BCUT2D eigenvalue weighted by Gasteiger charge is -2.07. The summed E-state index contributed by atoms with van der Waals surface area (Å²) in [6.45, 7) is 2.18. The number of aryl methyl sites for hydroxylation is 1. The standard InChI is InChI=1S/C13H11BrO4/c1-8-2-4-11(10(14)6-8)17-7-9-3-5-12(18-9)13(15)16/h2-6H,7H2,1H3,(H,15,16). The minimum absolute atomic E-state index is 0.0865. The smallest absolute Gasteiger partial charge is 0.371 e. The molecule has 0 aliphatic carbocycles. The molecule has 1 N–H and O–H groups in total. The van der Waals surface area contributed by atoms with Crippen molar-refractivity contribution in [3.8, 4) is 5.75 Å². The van der Waals surface area contributed by atoms with E-state index in [1.165, 1.54) is 6.07 Å². The largest absolute Gasteiger partial charge is 0.484 e. The third-order valence-corrected chi connectivity index (χ3v) is 2.95. The van der Waals surface area contributed by atoms with E-state index in [0.717, 1.165) is 10.0 Å². The number of hydrogen-bond acceptors (Lipinski definition) is 3. The average Bonchev–Trinajstić information content (AvgIpc) is 2.76. The fourth-order valence-electron chi connectivity index (χ4n) is 1.44. The van der Waals surface area contributed by atoms with Crippen LogP contribution in [0.4, 0.5) is 0 Å². The summed E-state index contributed by atoms with van der Waals surface area (Å²) in [6, 6.07) is 8.72. The monoisotopic (exact) mass is 310 g/mol. The van der Waals surface area contributed by atoms with Gasteiger partial charge in [0.2, 0.25) is 5.76 Å². The highest BCUT2D eigenvalue weighted by Crippen LogP contribution is 2.26. The van der Waals surface area contributed by atoms with Gasteiger partial charge in [-0.25, -0.2) is 4.79 Å². The van der Waals surface area contributed by atoms with Crippen LogP contribution in [0.3, 0.4) is 0 Å². The number of hydrogen-bond donors (Lipinski definition) is 1. The molecule has 0 amide bonds. The highest BCUT2D eigenvalue weighted by Gasteiger charge is 2.09. The Morgan fingerprint density at radius 3 is 2.78 bits per heavy atom. The first kappa shape index (κ1) is 12.7. The summed E-state index contributed by atoms with van der Waals surface area (Å²) in [5.41, 5.74) is 1.13. The van der Waals surface area contributed by atoms with Crippen molar-refractivity contribution in [2.75, 3.05) is 0 Å². The van der Waals surface area contributed by atoms with Gasteiger partial charge in [0.25, 0.3) is 0 Å². The van der Waals surface area contributed by atoms with E-state index in [1.54, 1.807) is 6.07 Å². The quantitative estimate of drug-likeness (QED) is 0.936. The molecule has 1 aromatic carbocycles. The highest BCUT2D eigenvalue weighted by atomic mass is 79.9. The van der Waals surface area contributed by atoms with Crippen molar-refractivity contribution in [3.05, 3.63) is 51.9 Å². The molecule has 0 aliphatic rings. The van der Waals surface area contributed by atoms with Gasteiger partial charge in [-0.15, -0.1) is 0 Å². The van der Waals surface area contributed by atoms with E-state index in [9.17, 15) is 4.79 Å². The van der Waals surface area contributed by atoms with Crippen LogP contribution in [0, 0.1) is 6.92 Å². The zero-order chi connectivity index (χ0) is 13.1. The number of rotatable bonds is 4. The fraction of sp³-hybridized carbons (Fsp3) is 0.154. The summed E-state index contributed by atoms with van der Waals surface area (Å²) in [7, 11) is 0. The van der Waals surface area contributed by atoms with E-state index in [2.05, 4.69) is 15.9 Å². The molecule has 5 heteroatoms. The van der Waals surface area contributed by atoms with Crippen LogP contribution in [0.2, 0.25) is 0 Å². The Balaban J connectivity index is 2.04. The lowest BCUT2D eigenvalue weighted by Crippen LogP contribution is -1.96. The first-order valence-corrected chi connectivity index (χ1v) is 6.06. The molecule has 0 atom stereocenters. The number of halogens is 1. The molecule has 2 aromatic rings. The Morgan fingerprint density at radius 1 is 1.39 bits per heavy atom. The highest BCUT2D eigenvalue weighted by molar-refractivity contribution is 9.10. The van der Waals surface area contributed by atoms with Gasteiger partial charge >= 0.3 is 5.97 Å². The SMILES string of the molecule is Cc1ccc(OCc2ccc(C(=O)O)o2)c(Br)c1. The van der Waals surface area contributed by atoms with Crippen LogP contribution in [0.25, 0.3) is 0 Å². The second kappa shape index (κ2) is 5.27. The van der Waals surface area contributed by atoms with Crippen LogP contribution in [-0.2, 0) is 6.61 Å². The van der Waals surface area contributed by atoms with E-state index >= 15 is 0 Å². The Labute approximate surface area is 112 Å². The minimum atomic E-state index is -1.09. The van der Waals surface area contributed by atoms with Gasteiger partial charge in [-0.05, 0) is 52.7 Å². The lowest BCUT2D eigenvalue weighted by molar-refractivity contribution is 0.0658. The molecule has 1 heterocycles. The van der Waals surface area contributed by atoms with Crippen LogP contribution in [-0.4, -0.2) is 11.1 Å². The van der Waals surface area contributed by atoms with Gasteiger partial charge in [0.15, 0.2) is 0 Å². The Kier molecular flexibility index (Phi) is 3.72. The van der Waals surface area contributed by atoms with Crippen LogP contribution in [0.1, 0.15) is 21.9 Å². The van der Waals surface area contributed by atoms with Crippen molar-refractivity contribution < 1.29 is 19.1 Å². The van der Waals surface area contributed by atoms with Crippen molar-refractivity contribution >= 4 is 21.9 Å².